The van der Waals surface area contributed by atoms with E-state index in [0.29, 0.717) is 35.8 Å². The first-order valence-electron chi connectivity index (χ1n) is 9.80. The molecule has 0 bridgehead atoms. The number of ether oxygens (including phenoxy) is 2. The second-order valence-corrected chi connectivity index (χ2v) is 7.26. The van der Waals surface area contributed by atoms with Gasteiger partial charge in [0.05, 0.1) is 6.61 Å². The van der Waals surface area contributed by atoms with E-state index >= 15 is 0 Å². The lowest BCUT2D eigenvalue weighted by molar-refractivity contribution is 0.0792. The van der Waals surface area contributed by atoms with Gasteiger partial charge in [-0.25, -0.2) is 0 Å². The Morgan fingerprint density at radius 3 is 2.23 bits per heavy atom. The van der Waals surface area contributed by atoms with Gasteiger partial charge in [-0.2, -0.15) is 0 Å². The highest BCUT2D eigenvalue weighted by Crippen LogP contribution is 2.16. The van der Waals surface area contributed by atoms with Crippen LogP contribution in [0.1, 0.15) is 33.6 Å². The van der Waals surface area contributed by atoms with Crippen LogP contribution < -0.4 is 15.4 Å². The first-order chi connectivity index (χ1) is 14.6. The number of carbonyl (C=O) groups excluding carboxylic acids is 2. The summed E-state index contributed by atoms with van der Waals surface area (Å²) in [4.78, 5) is 26.6. The Bertz CT molecular complexity index is 878. The number of hydrogen-bond acceptors (Lipinski definition) is 5. The molecule has 0 spiro atoms. The number of nitrogens with zero attached hydrogens (tertiary/aromatic N) is 1. The van der Waals surface area contributed by atoms with E-state index < -0.39 is 0 Å². The summed E-state index contributed by atoms with van der Waals surface area (Å²) >= 11 is 5.22. The van der Waals surface area contributed by atoms with E-state index in [1.807, 2.05) is 4.90 Å². The number of amides is 2. The molecule has 1 heterocycles. The number of thiocarbonyl (C=S) groups is 1. The number of methoxy groups -OCH3 is 1. The fourth-order valence-electron chi connectivity index (χ4n) is 3.08. The van der Waals surface area contributed by atoms with Gasteiger partial charge in [-0.3, -0.25) is 14.9 Å². The predicted octanol–water partition coefficient (Wildman–Crippen LogP) is 3.07. The van der Waals surface area contributed by atoms with Crippen molar-refractivity contribution in [3.63, 3.8) is 0 Å². The molecule has 30 heavy (non-hydrogen) atoms. The number of carbonyl (C=O) groups is 2. The number of anilines is 1. The van der Waals surface area contributed by atoms with Crippen LogP contribution in [0.25, 0.3) is 0 Å². The summed E-state index contributed by atoms with van der Waals surface area (Å²) in [7, 11) is 1.61. The van der Waals surface area contributed by atoms with Crippen LogP contribution in [0.4, 0.5) is 5.69 Å². The maximum absolute atomic E-state index is 12.4. The number of likely N-dealkylation sites (tertiary alicyclic amines) is 1. The molecule has 8 heteroatoms. The predicted molar refractivity (Wildman–Crippen MR) is 119 cm³/mol. The molecule has 1 saturated heterocycles. The minimum atomic E-state index is -0.322. The molecule has 0 aromatic heterocycles. The van der Waals surface area contributed by atoms with Crippen LogP contribution in [0.15, 0.2) is 48.5 Å². The topological polar surface area (TPSA) is 79.9 Å². The molecule has 158 valence electrons. The molecule has 2 aromatic carbocycles. The van der Waals surface area contributed by atoms with Crippen LogP contribution in [0.3, 0.4) is 0 Å². The molecule has 0 unspecified atom stereocenters. The Balaban J connectivity index is 1.49. The highest BCUT2D eigenvalue weighted by molar-refractivity contribution is 7.80. The minimum Gasteiger partial charge on any atom is -0.491 e. The van der Waals surface area contributed by atoms with E-state index in [1.54, 1.807) is 55.6 Å². The quantitative estimate of drug-likeness (QED) is 0.522. The fraction of sp³-hybridized carbons (Fsp3) is 0.318. The van der Waals surface area contributed by atoms with Gasteiger partial charge in [-0.15, -0.1) is 0 Å². The van der Waals surface area contributed by atoms with E-state index in [9.17, 15) is 9.59 Å². The molecular weight excluding hydrogens is 402 g/mol. The maximum atomic E-state index is 12.4. The summed E-state index contributed by atoms with van der Waals surface area (Å²) in [6.07, 6.45) is 2.12. The van der Waals surface area contributed by atoms with Crippen LogP contribution >= 0.6 is 12.2 Å². The Labute approximate surface area is 181 Å². The monoisotopic (exact) mass is 427 g/mol. The van der Waals surface area contributed by atoms with E-state index in [1.165, 1.54) is 0 Å². The van der Waals surface area contributed by atoms with Gasteiger partial charge in [0.2, 0.25) is 0 Å². The number of hydrogen-bond donors (Lipinski definition) is 2. The van der Waals surface area contributed by atoms with Crippen molar-refractivity contribution in [3.8, 4) is 5.75 Å². The zero-order valence-electron chi connectivity index (χ0n) is 16.8. The van der Waals surface area contributed by atoms with Crippen molar-refractivity contribution < 1.29 is 19.1 Å². The first kappa shape index (κ1) is 21.7. The van der Waals surface area contributed by atoms with Gasteiger partial charge in [0.25, 0.3) is 11.8 Å². The number of nitrogens with one attached hydrogen (secondary N) is 2. The summed E-state index contributed by atoms with van der Waals surface area (Å²) in [6, 6.07) is 13.8. The molecule has 3 rings (SSSR count). The van der Waals surface area contributed by atoms with Crippen molar-refractivity contribution in [2.75, 3.05) is 38.7 Å². The first-order valence-corrected chi connectivity index (χ1v) is 10.2. The van der Waals surface area contributed by atoms with Gasteiger partial charge in [0, 0.05) is 37.0 Å². The Hall–Kier alpha value is -2.97. The molecule has 0 saturated carbocycles. The summed E-state index contributed by atoms with van der Waals surface area (Å²) in [5.41, 5.74) is 1.80. The van der Waals surface area contributed by atoms with Crippen LogP contribution in [0.5, 0.6) is 5.75 Å². The van der Waals surface area contributed by atoms with Gasteiger partial charge in [0.15, 0.2) is 5.11 Å². The molecule has 2 amide bonds. The zero-order chi connectivity index (χ0) is 21.3. The van der Waals surface area contributed by atoms with E-state index in [-0.39, 0.29) is 16.9 Å². The summed E-state index contributed by atoms with van der Waals surface area (Å²) in [5, 5.41) is 5.78. The lowest BCUT2D eigenvalue weighted by Gasteiger charge is -2.15. The molecule has 1 fully saturated rings. The Morgan fingerprint density at radius 1 is 0.967 bits per heavy atom. The van der Waals surface area contributed by atoms with Crippen LogP contribution in [0, 0.1) is 0 Å². The Kier molecular flexibility index (Phi) is 7.75. The SMILES string of the molecule is COCCOc1ccc(C(=O)NC(=S)Nc2ccc(C(=O)N3CCCC3)cc2)cc1. The van der Waals surface area contributed by atoms with E-state index in [2.05, 4.69) is 10.6 Å². The zero-order valence-corrected chi connectivity index (χ0v) is 17.7. The van der Waals surface area contributed by atoms with Crippen LogP contribution in [0.2, 0.25) is 0 Å². The molecule has 7 nitrogen and oxygen atoms in total. The second kappa shape index (κ2) is 10.7. The number of benzene rings is 2. The molecule has 0 atom stereocenters. The van der Waals surface area contributed by atoms with Crippen LogP contribution in [-0.4, -0.2) is 55.2 Å². The summed E-state index contributed by atoms with van der Waals surface area (Å²) in [6.45, 7) is 2.57. The molecular formula is C22H25N3O4S. The average molecular weight is 428 g/mol. The average Bonchev–Trinajstić information content (AvgIpc) is 3.29. The van der Waals surface area contributed by atoms with Crippen molar-refractivity contribution in [3.05, 3.63) is 59.7 Å². The second-order valence-electron chi connectivity index (χ2n) is 6.85. The van der Waals surface area contributed by atoms with Gasteiger partial charge in [0.1, 0.15) is 12.4 Å². The fourth-order valence-corrected chi connectivity index (χ4v) is 3.29. The Morgan fingerprint density at radius 2 is 1.60 bits per heavy atom. The normalized spacial score (nSPS) is 13.0. The summed E-state index contributed by atoms with van der Waals surface area (Å²) in [5.74, 6) is 0.384. The standard InChI is InChI=1S/C22H25N3O4S/c1-28-14-15-29-19-10-6-16(7-11-19)20(26)24-22(30)23-18-8-4-17(5-9-18)21(27)25-12-2-3-13-25/h4-11H,2-3,12-15H2,1H3,(H2,23,24,26,30). The van der Waals surface area contributed by atoms with Crippen molar-refractivity contribution in [2.24, 2.45) is 0 Å². The van der Waals surface area contributed by atoms with Crippen molar-refractivity contribution in [1.82, 2.24) is 10.2 Å². The third kappa shape index (κ3) is 6.01. The van der Waals surface area contributed by atoms with E-state index in [0.717, 1.165) is 25.9 Å². The molecule has 1 aliphatic heterocycles. The number of rotatable bonds is 7. The molecule has 0 radical (unpaired) electrons. The van der Waals surface area contributed by atoms with E-state index in [4.69, 9.17) is 21.7 Å². The van der Waals surface area contributed by atoms with Gasteiger partial charge < -0.3 is 19.7 Å². The highest BCUT2D eigenvalue weighted by Gasteiger charge is 2.19. The molecule has 1 aliphatic rings. The third-order valence-electron chi connectivity index (χ3n) is 4.68. The van der Waals surface area contributed by atoms with Crippen molar-refractivity contribution in [1.29, 1.82) is 0 Å². The smallest absolute Gasteiger partial charge is 0.257 e. The third-order valence-corrected chi connectivity index (χ3v) is 4.89. The van der Waals surface area contributed by atoms with Crippen molar-refractivity contribution in [2.45, 2.75) is 12.8 Å². The molecule has 0 aliphatic carbocycles. The largest absolute Gasteiger partial charge is 0.491 e. The molecule has 2 aromatic rings. The van der Waals surface area contributed by atoms with Gasteiger partial charge in [-0.1, -0.05) is 0 Å². The maximum Gasteiger partial charge on any atom is 0.257 e. The lowest BCUT2D eigenvalue weighted by atomic mass is 10.2. The van der Waals surface area contributed by atoms with Gasteiger partial charge >= 0.3 is 0 Å². The van der Waals surface area contributed by atoms with Gasteiger partial charge in [-0.05, 0) is 73.6 Å². The van der Waals surface area contributed by atoms with Crippen LogP contribution in [-0.2, 0) is 4.74 Å². The molecule has 2 N–H and O–H groups in total. The minimum absolute atomic E-state index is 0.0459. The lowest BCUT2D eigenvalue weighted by Crippen LogP contribution is -2.34. The summed E-state index contributed by atoms with van der Waals surface area (Å²) < 4.78 is 10.4. The van der Waals surface area contributed by atoms with Crippen molar-refractivity contribution >= 4 is 34.8 Å². The highest BCUT2D eigenvalue weighted by atomic mass is 32.1.